The van der Waals surface area contributed by atoms with Crippen LogP contribution in [0, 0.1) is 6.92 Å². The molecule has 2 aromatic rings. The highest BCUT2D eigenvalue weighted by atomic mass is 16.4. The van der Waals surface area contributed by atoms with Gasteiger partial charge in [0.1, 0.15) is 11.9 Å². The van der Waals surface area contributed by atoms with Gasteiger partial charge >= 0.3 is 5.97 Å². The zero-order valence-corrected chi connectivity index (χ0v) is 11.7. The molecule has 0 spiro atoms. The summed E-state index contributed by atoms with van der Waals surface area (Å²) in [7, 11) is 0. The van der Waals surface area contributed by atoms with Gasteiger partial charge in [0.05, 0.1) is 0 Å². The first-order valence-corrected chi connectivity index (χ1v) is 6.90. The van der Waals surface area contributed by atoms with Gasteiger partial charge in [-0.1, -0.05) is 0 Å². The maximum atomic E-state index is 11.3. The standard InChI is InChI=1S/C15H16N4O2/c1-10-8-13(19-7-3-5-12(19)15(20)21)18-14(17-10)11-4-2-6-16-9-11/h2,4,6,8-9,12H,3,5,7H2,1H3,(H,20,21)/t12-/m0/s1. The van der Waals surface area contributed by atoms with E-state index in [4.69, 9.17) is 0 Å². The van der Waals surface area contributed by atoms with Gasteiger partial charge in [-0.05, 0) is 31.9 Å². The number of pyridine rings is 1. The predicted molar refractivity (Wildman–Crippen MR) is 78.0 cm³/mol. The number of hydrogen-bond acceptors (Lipinski definition) is 5. The summed E-state index contributed by atoms with van der Waals surface area (Å²) >= 11 is 0. The average molecular weight is 284 g/mol. The summed E-state index contributed by atoms with van der Waals surface area (Å²) in [5.41, 5.74) is 1.64. The number of carboxylic acids is 1. The maximum Gasteiger partial charge on any atom is 0.326 e. The second-order valence-corrected chi connectivity index (χ2v) is 5.12. The summed E-state index contributed by atoms with van der Waals surface area (Å²) in [5.74, 6) is 0.451. The molecule has 6 heteroatoms. The number of carboxylic acid groups (broad SMARTS) is 1. The Morgan fingerprint density at radius 2 is 2.29 bits per heavy atom. The molecule has 21 heavy (non-hydrogen) atoms. The number of aliphatic carboxylic acids is 1. The Morgan fingerprint density at radius 1 is 1.43 bits per heavy atom. The van der Waals surface area contributed by atoms with Crippen LogP contribution >= 0.6 is 0 Å². The van der Waals surface area contributed by atoms with Gasteiger partial charge < -0.3 is 10.0 Å². The van der Waals surface area contributed by atoms with Crippen LogP contribution in [-0.2, 0) is 4.79 Å². The average Bonchev–Trinajstić information content (AvgIpc) is 2.97. The number of aryl methyl sites for hydroxylation is 1. The van der Waals surface area contributed by atoms with Crippen LogP contribution in [0.5, 0.6) is 0 Å². The summed E-state index contributed by atoms with van der Waals surface area (Å²) in [5, 5.41) is 9.31. The molecule has 0 aromatic carbocycles. The quantitative estimate of drug-likeness (QED) is 0.927. The number of rotatable bonds is 3. The second kappa shape index (κ2) is 5.47. The van der Waals surface area contributed by atoms with Crippen molar-refractivity contribution >= 4 is 11.8 Å². The summed E-state index contributed by atoms with van der Waals surface area (Å²) in [6, 6.07) is 5.06. The minimum absolute atomic E-state index is 0.499. The number of hydrogen-bond donors (Lipinski definition) is 1. The Kier molecular flexibility index (Phi) is 3.51. The normalized spacial score (nSPS) is 18.0. The number of carbonyl (C=O) groups is 1. The fourth-order valence-corrected chi connectivity index (χ4v) is 2.62. The van der Waals surface area contributed by atoms with Crippen molar-refractivity contribution in [3.05, 3.63) is 36.3 Å². The SMILES string of the molecule is Cc1cc(N2CCC[C@H]2C(=O)O)nc(-c2cccnc2)n1. The van der Waals surface area contributed by atoms with E-state index in [-0.39, 0.29) is 0 Å². The van der Waals surface area contributed by atoms with E-state index >= 15 is 0 Å². The number of nitrogens with zero attached hydrogens (tertiary/aromatic N) is 4. The molecule has 6 nitrogen and oxygen atoms in total. The van der Waals surface area contributed by atoms with Gasteiger partial charge in [0.25, 0.3) is 0 Å². The molecule has 1 N–H and O–H groups in total. The number of aromatic nitrogens is 3. The van der Waals surface area contributed by atoms with Crippen molar-refractivity contribution in [1.29, 1.82) is 0 Å². The number of anilines is 1. The highest BCUT2D eigenvalue weighted by Gasteiger charge is 2.31. The molecule has 0 bridgehead atoms. The van der Waals surface area contributed by atoms with E-state index in [1.807, 2.05) is 30.0 Å². The molecule has 0 aliphatic carbocycles. The van der Waals surface area contributed by atoms with Crippen LogP contribution in [0.1, 0.15) is 18.5 Å². The highest BCUT2D eigenvalue weighted by molar-refractivity contribution is 5.78. The third-order valence-corrected chi connectivity index (χ3v) is 3.59. The summed E-state index contributed by atoms with van der Waals surface area (Å²) in [4.78, 5) is 26.2. The fraction of sp³-hybridized carbons (Fsp3) is 0.333. The van der Waals surface area contributed by atoms with Crippen LogP contribution in [0.15, 0.2) is 30.6 Å². The molecule has 2 aromatic heterocycles. The Bertz CT molecular complexity index is 660. The maximum absolute atomic E-state index is 11.3. The van der Waals surface area contributed by atoms with Crippen molar-refractivity contribution in [2.24, 2.45) is 0 Å². The van der Waals surface area contributed by atoms with Crippen LogP contribution in [-0.4, -0.2) is 38.6 Å². The van der Waals surface area contributed by atoms with Crippen molar-refractivity contribution in [2.45, 2.75) is 25.8 Å². The van der Waals surface area contributed by atoms with Gasteiger partial charge in [0.2, 0.25) is 0 Å². The molecule has 1 atom stereocenters. The zero-order chi connectivity index (χ0) is 14.8. The van der Waals surface area contributed by atoms with Crippen LogP contribution in [0.3, 0.4) is 0 Å². The van der Waals surface area contributed by atoms with Crippen LogP contribution < -0.4 is 4.90 Å². The topological polar surface area (TPSA) is 79.2 Å². The first-order valence-electron chi connectivity index (χ1n) is 6.90. The van der Waals surface area contributed by atoms with Crippen molar-refractivity contribution in [3.63, 3.8) is 0 Å². The zero-order valence-electron chi connectivity index (χ0n) is 11.7. The van der Waals surface area contributed by atoms with E-state index in [0.717, 1.165) is 17.7 Å². The minimum Gasteiger partial charge on any atom is -0.480 e. The van der Waals surface area contributed by atoms with E-state index in [1.54, 1.807) is 12.4 Å². The third-order valence-electron chi connectivity index (χ3n) is 3.59. The van der Waals surface area contributed by atoms with E-state index in [1.165, 1.54) is 0 Å². The monoisotopic (exact) mass is 284 g/mol. The van der Waals surface area contributed by atoms with Gasteiger partial charge in [-0.3, -0.25) is 4.98 Å². The Balaban J connectivity index is 2.00. The molecule has 1 saturated heterocycles. The minimum atomic E-state index is -0.799. The summed E-state index contributed by atoms with van der Waals surface area (Å²) in [6.45, 7) is 2.59. The molecule has 1 aliphatic rings. The van der Waals surface area contributed by atoms with Gasteiger partial charge in [-0.2, -0.15) is 0 Å². The molecule has 108 valence electrons. The second-order valence-electron chi connectivity index (χ2n) is 5.12. The lowest BCUT2D eigenvalue weighted by Gasteiger charge is -2.23. The smallest absolute Gasteiger partial charge is 0.326 e. The lowest BCUT2D eigenvalue weighted by molar-refractivity contribution is -0.138. The van der Waals surface area contributed by atoms with Gasteiger partial charge in [-0.25, -0.2) is 14.8 Å². The van der Waals surface area contributed by atoms with Crippen molar-refractivity contribution in [2.75, 3.05) is 11.4 Å². The molecular formula is C15H16N4O2. The molecule has 0 amide bonds. The Morgan fingerprint density at radius 3 is 3.00 bits per heavy atom. The first kappa shape index (κ1) is 13.5. The molecule has 3 heterocycles. The molecule has 0 saturated carbocycles. The van der Waals surface area contributed by atoms with Crippen LogP contribution in [0.2, 0.25) is 0 Å². The first-order chi connectivity index (χ1) is 10.1. The highest BCUT2D eigenvalue weighted by Crippen LogP contribution is 2.26. The van der Waals surface area contributed by atoms with Crippen molar-refractivity contribution in [1.82, 2.24) is 15.0 Å². The largest absolute Gasteiger partial charge is 0.480 e. The summed E-state index contributed by atoms with van der Waals surface area (Å²) < 4.78 is 0. The van der Waals surface area contributed by atoms with Gasteiger partial charge in [0, 0.05) is 36.3 Å². The van der Waals surface area contributed by atoms with E-state index in [2.05, 4.69) is 15.0 Å². The third kappa shape index (κ3) is 2.69. The Labute approximate surface area is 122 Å². The van der Waals surface area contributed by atoms with Crippen molar-refractivity contribution < 1.29 is 9.90 Å². The molecule has 0 unspecified atom stereocenters. The Hall–Kier alpha value is -2.50. The molecular weight excluding hydrogens is 268 g/mol. The van der Waals surface area contributed by atoms with Gasteiger partial charge in [-0.15, -0.1) is 0 Å². The van der Waals surface area contributed by atoms with E-state index < -0.39 is 12.0 Å². The van der Waals surface area contributed by atoms with Crippen molar-refractivity contribution in [3.8, 4) is 11.4 Å². The fourth-order valence-electron chi connectivity index (χ4n) is 2.62. The predicted octanol–water partition coefficient (Wildman–Crippen LogP) is 1.90. The van der Waals surface area contributed by atoms with Crippen LogP contribution in [0.25, 0.3) is 11.4 Å². The van der Waals surface area contributed by atoms with Crippen LogP contribution in [0.4, 0.5) is 5.82 Å². The van der Waals surface area contributed by atoms with E-state index in [0.29, 0.717) is 24.6 Å². The lowest BCUT2D eigenvalue weighted by atomic mass is 10.2. The lowest BCUT2D eigenvalue weighted by Crippen LogP contribution is -2.36. The van der Waals surface area contributed by atoms with Gasteiger partial charge in [0.15, 0.2) is 5.82 Å². The molecule has 1 fully saturated rings. The summed E-state index contributed by atoms with van der Waals surface area (Å²) in [6.07, 6.45) is 4.92. The molecule has 0 radical (unpaired) electrons. The van der Waals surface area contributed by atoms with E-state index in [9.17, 15) is 9.90 Å². The molecule has 1 aliphatic heterocycles. The molecule has 3 rings (SSSR count).